The maximum Gasteiger partial charge on any atom is 0.128 e. The fourth-order valence-corrected chi connectivity index (χ4v) is 0.958. The van der Waals surface area contributed by atoms with Gasteiger partial charge in [-0.2, -0.15) is 5.10 Å². The van der Waals surface area contributed by atoms with Crippen molar-refractivity contribution in [2.45, 2.75) is 26.4 Å². The Morgan fingerprint density at radius 1 is 1.42 bits per heavy atom. The van der Waals surface area contributed by atoms with Crippen LogP contribution in [0.2, 0.25) is 0 Å². The number of rotatable bonds is 3. The zero-order valence-corrected chi connectivity index (χ0v) is 8.80. The van der Waals surface area contributed by atoms with Crippen LogP contribution in [0, 0.1) is 0 Å². The molecule has 1 N–H and O–H groups in total. The molecule has 1 heterocycles. The zero-order valence-electron chi connectivity index (χ0n) is 7.21. The molecular formula is C8H12BrN3. The van der Waals surface area contributed by atoms with Crippen LogP contribution < -0.4 is 5.32 Å². The first-order chi connectivity index (χ1) is 5.68. The molecule has 0 bridgehead atoms. The molecule has 12 heavy (non-hydrogen) atoms. The predicted molar refractivity (Wildman–Crippen MR) is 51.7 cm³/mol. The van der Waals surface area contributed by atoms with E-state index in [-0.39, 0.29) is 0 Å². The van der Waals surface area contributed by atoms with E-state index in [2.05, 4.69) is 45.3 Å². The largest absolute Gasteiger partial charge is 0.309 e. The Morgan fingerprint density at radius 2 is 2.17 bits per heavy atom. The van der Waals surface area contributed by atoms with Crippen molar-refractivity contribution >= 4 is 15.9 Å². The van der Waals surface area contributed by atoms with Gasteiger partial charge in [0.1, 0.15) is 4.60 Å². The quantitative estimate of drug-likeness (QED) is 0.859. The Balaban J connectivity index is 2.48. The molecule has 0 aromatic carbocycles. The highest BCUT2D eigenvalue weighted by Crippen LogP contribution is 2.03. The van der Waals surface area contributed by atoms with Gasteiger partial charge in [-0.25, -0.2) is 0 Å². The summed E-state index contributed by atoms with van der Waals surface area (Å²) in [4.78, 5) is 0. The maximum absolute atomic E-state index is 3.99. The fraction of sp³-hybridized carbons (Fsp3) is 0.500. The molecule has 1 aromatic rings. The SMILES string of the molecule is CC(C)NCc1ccc(Br)nn1. The van der Waals surface area contributed by atoms with E-state index in [4.69, 9.17) is 0 Å². The molecule has 0 fully saturated rings. The van der Waals surface area contributed by atoms with Gasteiger partial charge in [0.25, 0.3) is 0 Å². The zero-order chi connectivity index (χ0) is 8.97. The van der Waals surface area contributed by atoms with Crippen molar-refractivity contribution in [2.24, 2.45) is 0 Å². The summed E-state index contributed by atoms with van der Waals surface area (Å²) in [5, 5.41) is 11.1. The lowest BCUT2D eigenvalue weighted by Crippen LogP contribution is -2.22. The van der Waals surface area contributed by atoms with Crippen molar-refractivity contribution in [2.75, 3.05) is 0 Å². The monoisotopic (exact) mass is 229 g/mol. The van der Waals surface area contributed by atoms with E-state index in [0.29, 0.717) is 6.04 Å². The first kappa shape index (κ1) is 9.61. The molecule has 0 saturated heterocycles. The highest BCUT2D eigenvalue weighted by molar-refractivity contribution is 9.10. The molecule has 0 atom stereocenters. The van der Waals surface area contributed by atoms with Crippen LogP contribution in [0.1, 0.15) is 19.5 Å². The van der Waals surface area contributed by atoms with Gasteiger partial charge in [0, 0.05) is 12.6 Å². The van der Waals surface area contributed by atoms with Crippen molar-refractivity contribution in [1.29, 1.82) is 0 Å². The molecule has 0 aliphatic rings. The van der Waals surface area contributed by atoms with Crippen LogP contribution in [0.5, 0.6) is 0 Å². The third-order valence-corrected chi connectivity index (χ3v) is 1.80. The summed E-state index contributed by atoms with van der Waals surface area (Å²) in [6.07, 6.45) is 0. The lowest BCUT2D eigenvalue weighted by Gasteiger charge is -2.05. The second-order valence-electron chi connectivity index (χ2n) is 2.88. The summed E-state index contributed by atoms with van der Waals surface area (Å²) in [6.45, 7) is 4.98. The molecule has 1 rings (SSSR count). The third-order valence-electron chi connectivity index (χ3n) is 1.38. The number of nitrogens with one attached hydrogen (secondary N) is 1. The molecule has 0 saturated carbocycles. The van der Waals surface area contributed by atoms with Gasteiger partial charge in [0.15, 0.2) is 0 Å². The summed E-state index contributed by atoms with van der Waals surface area (Å²) in [6, 6.07) is 4.33. The minimum atomic E-state index is 0.482. The molecule has 3 nitrogen and oxygen atoms in total. The van der Waals surface area contributed by atoms with Crippen molar-refractivity contribution in [3.8, 4) is 0 Å². The van der Waals surface area contributed by atoms with Crippen LogP contribution in [0.15, 0.2) is 16.7 Å². The lowest BCUT2D eigenvalue weighted by atomic mass is 10.3. The Hall–Kier alpha value is -0.480. The van der Waals surface area contributed by atoms with E-state index < -0.39 is 0 Å². The van der Waals surface area contributed by atoms with Crippen molar-refractivity contribution in [3.05, 3.63) is 22.4 Å². The van der Waals surface area contributed by atoms with Crippen LogP contribution in [0.3, 0.4) is 0 Å². The molecule has 0 unspecified atom stereocenters. The van der Waals surface area contributed by atoms with Gasteiger partial charge in [0.05, 0.1) is 5.69 Å². The van der Waals surface area contributed by atoms with Crippen LogP contribution in [-0.2, 0) is 6.54 Å². The van der Waals surface area contributed by atoms with E-state index in [1.54, 1.807) is 0 Å². The second-order valence-corrected chi connectivity index (χ2v) is 3.70. The third kappa shape index (κ3) is 3.28. The fourth-order valence-electron chi connectivity index (χ4n) is 0.747. The molecule has 0 spiro atoms. The number of halogens is 1. The Bertz CT molecular complexity index is 233. The summed E-state index contributed by atoms with van der Waals surface area (Å²) in [5.74, 6) is 0. The van der Waals surface area contributed by atoms with Gasteiger partial charge in [-0.05, 0) is 28.1 Å². The van der Waals surface area contributed by atoms with Crippen LogP contribution >= 0.6 is 15.9 Å². The molecule has 4 heteroatoms. The average Bonchev–Trinajstić information content (AvgIpc) is 2.03. The molecule has 0 aliphatic heterocycles. The summed E-state index contributed by atoms with van der Waals surface area (Å²) < 4.78 is 0.774. The van der Waals surface area contributed by atoms with Gasteiger partial charge in [-0.15, -0.1) is 5.10 Å². The molecule has 0 radical (unpaired) electrons. The summed E-state index contributed by atoms with van der Waals surface area (Å²) in [7, 11) is 0. The summed E-state index contributed by atoms with van der Waals surface area (Å²) in [5.41, 5.74) is 0.965. The second kappa shape index (κ2) is 4.52. The van der Waals surface area contributed by atoms with E-state index in [1.165, 1.54) is 0 Å². The van der Waals surface area contributed by atoms with Crippen molar-refractivity contribution in [1.82, 2.24) is 15.5 Å². The first-order valence-electron chi connectivity index (χ1n) is 3.90. The molecule has 0 amide bonds. The number of aromatic nitrogens is 2. The molecule has 66 valence electrons. The van der Waals surface area contributed by atoms with Gasteiger partial charge >= 0.3 is 0 Å². The summed E-state index contributed by atoms with van der Waals surface area (Å²) >= 11 is 3.23. The van der Waals surface area contributed by atoms with E-state index in [0.717, 1.165) is 16.8 Å². The standard InChI is InChI=1S/C8H12BrN3/c1-6(2)10-5-7-3-4-8(9)12-11-7/h3-4,6,10H,5H2,1-2H3. The van der Waals surface area contributed by atoms with Gasteiger partial charge < -0.3 is 5.32 Å². The Labute approximate surface area is 80.7 Å². The van der Waals surface area contributed by atoms with Gasteiger partial charge in [-0.1, -0.05) is 13.8 Å². The minimum absolute atomic E-state index is 0.482. The van der Waals surface area contributed by atoms with Crippen molar-refractivity contribution in [3.63, 3.8) is 0 Å². The highest BCUT2D eigenvalue weighted by Gasteiger charge is 1.96. The topological polar surface area (TPSA) is 37.8 Å². The number of hydrogen-bond acceptors (Lipinski definition) is 3. The number of nitrogens with zero attached hydrogens (tertiary/aromatic N) is 2. The lowest BCUT2D eigenvalue weighted by molar-refractivity contribution is 0.577. The predicted octanol–water partition coefficient (Wildman–Crippen LogP) is 1.74. The Morgan fingerprint density at radius 3 is 2.67 bits per heavy atom. The molecule has 1 aromatic heterocycles. The molecule has 0 aliphatic carbocycles. The smallest absolute Gasteiger partial charge is 0.128 e. The minimum Gasteiger partial charge on any atom is -0.309 e. The first-order valence-corrected chi connectivity index (χ1v) is 4.69. The van der Waals surface area contributed by atoms with Gasteiger partial charge in [-0.3, -0.25) is 0 Å². The van der Waals surface area contributed by atoms with E-state index in [1.807, 2.05) is 12.1 Å². The van der Waals surface area contributed by atoms with Crippen LogP contribution in [0.4, 0.5) is 0 Å². The highest BCUT2D eigenvalue weighted by atomic mass is 79.9. The molecular weight excluding hydrogens is 218 g/mol. The van der Waals surface area contributed by atoms with Crippen LogP contribution in [0.25, 0.3) is 0 Å². The van der Waals surface area contributed by atoms with E-state index in [9.17, 15) is 0 Å². The Kier molecular flexibility index (Phi) is 3.62. The van der Waals surface area contributed by atoms with Gasteiger partial charge in [0.2, 0.25) is 0 Å². The number of hydrogen-bond donors (Lipinski definition) is 1. The average molecular weight is 230 g/mol. The normalized spacial score (nSPS) is 10.7. The van der Waals surface area contributed by atoms with Crippen LogP contribution in [-0.4, -0.2) is 16.2 Å². The van der Waals surface area contributed by atoms with Crippen molar-refractivity contribution < 1.29 is 0 Å². The maximum atomic E-state index is 3.99. The van der Waals surface area contributed by atoms with E-state index >= 15 is 0 Å².